The molecular formula is C22H37N3O3. The summed E-state index contributed by atoms with van der Waals surface area (Å²) >= 11 is 0. The Labute approximate surface area is 169 Å². The van der Waals surface area contributed by atoms with Crippen LogP contribution in [-0.2, 0) is 6.54 Å². The van der Waals surface area contributed by atoms with Crippen molar-refractivity contribution >= 4 is 0 Å². The van der Waals surface area contributed by atoms with Crippen LogP contribution in [0.3, 0.4) is 0 Å². The zero-order valence-electron chi connectivity index (χ0n) is 17.7. The zero-order valence-corrected chi connectivity index (χ0v) is 17.7. The number of phenols is 1. The maximum atomic E-state index is 10.4. The van der Waals surface area contributed by atoms with E-state index in [9.17, 15) is 10.2 Å². The van der Waals surface area contributed by atoms with E-state index < -0.39 is 0 Å². The van der Waals surface area contributed by atoms with Crippen LogP contribution in [0.5, 0.6) is 11.5 Å². The Bertz CT molecular complexity index is 617. The first-order valence-electron chi connectivity index (χ1n) is 10.7. The molecule has 3 rings (SSSR count). The number of phenolic OH excluding ortho intramolecular Hbond substituents is 1. The number of benzene rings is 1. The molecule has 0 amide bonds. The minimum atomic E-state index is 0.226. The number of ether oxygens (including phenoxy) is 1. The molecule has 1 unspecified atom stereocenters. The Hall–Kier alpha value is -1.34. The number of piperazine rings is 1. The van der Waals surface area contributed by atoms with E-state index in [1.165, 1.54) is 25.9 Å². The molecule has 6 heteroatoms. The van der Waals surface area contributed by atoms with Crippen LogP contribution in [0.15, 0.2) is 18.2 Å². The maximum Gasteiger partial charge on any atom is 0.162 e. The van der Waals surface area contributed by atoms with E-state index in [2.05, 4.69) is 28.5 Å². The fraction of sp³-hybridized carbons (Fsp3) is 0.727. The van der Waals surface area contributed by atoms with Crippen molar-refractivity contribution in [2.75, 3.05) is 46.4 Å². The van der Waals surface area contributed by atoms with E-state index in [1.54, 1.807) is 13.2 Å². The molecule has 2 N–H and O–H groups in total. The minimum absolute atomic E-state index is 0.226. The Morgan fingerprint density at radius 3 is 2.54 bits per heavy atom. The number of para-hydroxylation sites is 1. The van der Waals surface area contributed by atoms with E-state index in [1.807, 2.05) is 12.1 Å². The molecule has 6 nitrogen and oxygen atoms in total. The zero-order chi connectivity index (χ0) is 20.1. The Morgan fingerprint density at radius 1 is 1.14 bits per heavy atom. The largest absolute Gasteiger partial charge is 0.504 e. The van der Waals surface area contributed by atoms with Crippen molar-refractivity contribution in [1.29, 1.82) is 0 Å². The fourth-order valence-corrected chi connectivity index (χ4v) is 4.80. The molecule has 1 aromatic carbocycles. The number of aliphatic hydroxyl groups is 1. The molecule has 1 atom stereocenters. The van der Waals surface area contributed by atoms with Gasteiger partial charge in [-0.25, -0.2) is 0 Å². The van der Waals surface area contributed by atoms with Crippen LogP contribution in [0.4, 0.5) is 0 Å². The number of likely N-dealkylation sites (tertiary alicyclic amines) is 1. The smallest absolute Gasteiger partial charge is 0.162 e. The highest BCUT2D eigenvalue weighted by Crippen LogP contribution is 2.31. The third-order valence-corrected chi connectivity index (χ3v) is 6.47. The van der Waals surface area contributed by atoms with Crippen molar-refractivity contribution in [3.05, 3.63) is 23.8 Å². The normalized spacial score (nSPS) is 23.4. The summed E-state index contributed by atoms with van der Waals surface area (Å²) in [5.41, 5.74) is 0.904. The highest BCUT2D eigenvalue weighted by atomic mass is 16.5. The molecular weight excluding hydrogens is 354 g/mol. The highest BCUT2D eigenvalue weighted by Gasteiger charge is 2.34. The summed E-state index contributed by atoms with van der Waals surface area (Å²) in [6.07, 6.45) is 3.25. The van der Waals surface area contributed by atoms with Crippen molar-refractivity contribution in [3.8, 4) is 11.5 Å². The summed E-state index contributed by atoms with van der Waals surface area (Å²) in [5, 5.41) is 20.0. The second kappa shape index (κ2) is 9.92. The number of hydrogen-bond donors (Lipinski definition) is 2. The lowest BCUT2D eigenvalue weighted by atomic mass is 9.97. The Balaban J connectivity index is 1.61. The van der Waals surface area contributed by atoms with Crippen molar-refractivity contribution in [1.82, 2.24) is 14.7 Å². The summed E-state index contributed by atoms with van der Waals surface area (Å²) < 4.78 is 5.24. The molecule has 0 aromatic heterocycles. The SMILES string of the molecule is COc1cccc(CN2CCN(C3CCN(C(C)C)CC3)C(CCO)C2)c1O. The third kappa shape index (κ3) is 4.98. The molecule has 2 fully saturated rings. The van der Waals surface area contributed by atoms with Crippen LogP contribution >= 0.6 is 0 Å². The second-order valence-electron chi connectivity index (χ2n) is 8.47. The molecule has 2 aliphatic rings. The number of rotatable bonds is 7. The molecule has 158 valence electrons. The first kappa shape index (κ1) is 21.4. The molecule has 0 spiro atoms. The summed E-state index contributed by atoms with van der Waals surface area (Å²) in [4.78, 5) is 7.61. The van der Waals surface area contributed by atoms with Crippen LogP contribution in [0, 0.1) is 0 Å². The van der Waals surface area contributed by atoms with Gasteiger partial charge >= 0.3 is 0 Å². The van der Waals surface area contributed by atoms with Gasteiger partial charge in [0.2, 0.25) is 0 Å². The molecule has 2 aliphatic heterocycles. The molecule has 0 bridgehead atoms. The van der Waals surface area contributed by atoms with E-state index in [-0.39, 0.29) is 12.4 Å². The molecule has 28 heavy (non-hydrogen) atoms. The fourth-order valence-electron chi connectivity index (χ4n) is 4.80. The first-order valence-corrected chi connectivity index (χ1v) is 10.7. The lowest BCUT2D eigenvalue weighted by molar-refractivity contribution is -0.000212. The first-order chi connectivity index (χ1) is 13.5. The number of hydrogen-bond acceptors (Lipinski definition) is 6. The lowest BCUT2D eigenvalue weighted by Crippen LogP contribution is -2.58. The van der Waals surface area contributed by atoms with Gasteiger partial charge in [-0.2, -0.15) is 0 Å². The Kier molecular flexibility index (Phi) is 7.57. The molecule has 0 saturated carbocycles. The topological polar surface area (TPSA) is 59.4 Å². The lowest BCUT2D eigenvalue weighted by Gasteiger charge is -2.48. The van der Waals surface area contributed by atoms with E-state index in [4.69, 9.17) is 4.74 Å². The van der Waals surface area contributed by atoms with Crippen molar-refractivity contribution < 1.29 is 14.9 Å². The van der Waals surface area contributed by atoms with Gasteiger partial charge in [0.15, 0.2) is 11.5 Å². The summed E-state index contributed by atoms with van der Waals surface area (Å²) in [5.74, 6) is 0.771. The predicted octanol–water partition coefficient (Wildman–Crippen LogP) is 2.14. The number of piperidine rings is 1. The predicted molar refractivity (Wildman–Crippen MR) is 112 cm³/mol. The van der Waals surface area contributed by atoms with Crippen LogP contribution in [-0.4, -0.2) is 89.5 Å². The molecule has 1 aromatic rings. The second-order valence-corrected chi connectivity index (χ2v) is 8.47. The molecule has 0 aliphatic carbocycles. The maximum absolute atomic E-state index is 10.4. The quantitative estimate of drug-likeness (QED) is 0.743. The van der Waals surface area contributed by atoms with E-state index in [0.29, 0.717) is 30.4 Å². The molecule has 2 saturated heterocycles. The summed E-state index contributed by atoms with van der Waals surface area (Å²) in [7, 11) is 1.58. The van der Waals surface area contributed by atoms with Gasteiger partial charge in [0.05, 0.1) is 7.11 Å². The number of aromatic hydroxyl groups is 1. The van der Waals surface area contributed by atoms with Gasteiger partial charge < -0.3 is 19.8 Å². The molecule has 0 radical (unpaired) electrons. The van der Waals surface area contributed by atoms with Crippen LogP contribution in [0.2, 0.25) is 0 Å². The van der Waals surface area contributed by atoms with Gasteiger partial charge in [0.1, 0.15) is 0 Å². The highest BCUT2D eigenvalue weighted by molar-refractivity contribution is 5.45. The third-order valence-electron chi connectivity index (χ3n) is 6.47. The van der Waals surface area contributed by atoms with Gasteiger partial charge in [0, 0.05) is 56.5 Å². The van der Waals surface area contributed by atoms with Crippen LogP contribution in [0.1, 0.15) is 38.7 Å². The van der Waals surface area contributed by atoms with Gasteiger partial charge in [-0.1, -0.05) is 12.1 Å². The molecule has 2 heterocycles. The van der Waals surface area contributed by atoms with Crippen LogP contribution < -0.4 is 4.74 Å². The van der Waals surface area contributed by atoms with Gasteiger partial charge in [-0.05, 0) is 52.3 Å². The van der Waals surface area contributed by atoms with Gasteiger partial charge in [-0.3, -0.25) is 9.80 Å². The van der Waals surface area contributed by atoms with Gasteiger partial charge in [0.25, 0.3) is 0 Å². The standard InChI is InChI=1S/C22H37N3O3/c1-17(2)24-10-7-19(8-11-24)25-13-12-23(16-20(25)9-14-26)15-18-5-4-6-21(28-3)22(18)27/h4-6,17,19-20,26-27H,7-16H2,1-3H3. The number of nitrogens with zero attached hydrogens (tertiary/aromatic N) is 3. The van der Waals surface area contributed by atoms with Crippen LogP contribution in [0.25, 0.3) is 0 Å². The summed E-state index contributed by atoms with van der Waals surface area (Å²) in [6.45, 7) is 10.8. The van der Waals surface area contributed by atoms with Crippen molar-refractivity contribution in [2.45, 2.75) is 57.8 Å². The Morgan fingerprint density at radius 2 is 1.89 bits per heavy atom. The van der Waals surface area contributed by atoms with Crippen molar-refractivity contribution in [3.63, 3.8) is 0 Å². The number of methoxy groups -OCH3 is 1. The van der Waals surface area contributed by atoms with Crippen molar-refractivity contribution in [2.24, 2.45) is 0 Å². The number of aliphatic hydroxyl groups excluding tert-OH is 1. The van der Waals surface area contributed by atoms with E-state index >= 15 is 0 Å². The average molecular weight is 392 g/mol. The van der Waals surface area contributed by atoms with E-state index in [0.717, 1.165) is 31.6 Å². The van der Waals surface area contributed by atoms with Gasteiger partial charge in [-0.15, -0.1) is 0 Å². The average Bonchev–Trinajstić information content (AvgIpc) is 2.70. The minimum Gasteiger partial charge on any atom is -0.504 e. The monoisotopic (exact) mass is 391 g/mol. The summed E-state index contributed by atoms with van der Waals surface area (Å²) in [6, 6.07) is 7.31.